The molecule has 0 unspecified atom stereocenters. The maximum absolute atomic E-state index is 4.11. The maximum atomic E-state index is 4.11. The summed E-state index contributed by atoms with van der Waals surface area (Å²) in [5.74, 6) is 0. The van der Waals surface area contributed by atoms with Gasteiger partial charge in [-0.25, -0.2) is 0 Å². The van der Waals surface area contributed by atoms with Crippen molar-refractivity contribution in [1.29, 1.82) is 0 Å². The van der Waals surface area contributed by atoms with Crippen molar-refractivity contribution in [2.24, 2.45) is 0 Å². The minimum absolute atomic E-state index is 0.395. The smallest absolute Gasteiger partial charge is 0.0520 e. The van der Waals surface area contributed by atoms with Gasteiger partial charge in [0, 0.05) is 28.2 Å². The van der Waals surface area contributed by atoms with E-state index in [0.29, 0.717) is 0 Å². The van der Waals surface area contributed by atoms with Gasteiger partial charge in [0.1, 0.15) is 0 Å². The molecule has 0 saturated carbocycles. The molecule has 59 heavy (non-hydrogen) atoms. The van der Waals surface area contributed by atoms with Crippen LogP contribution in [-0.4, -0.2) is 0 Å². The number of hydrogen-bond acceptors (Lipinski definition) is 2. The highest BCUT2D eigenvalue weighted by atomic mass is 15.2. The Morgan fingerprint density at radius 3 is 1.25 bits per heavy atom. The maximum Gasteiger partial charge on any atom is 0.0520 e. The Morgan fingerprint density at radius 2 is 0.847 bits per heavy atom. The number of hydrogen-bond donors (Lipinski definition) is 0. The number of para-hydroxylation sites is 2. The summed E-state index contributed by atoms with van der Waals surface area (Å²) in [7, 11) is 0. The van der Waals surface area contributed by atoms with Crippen LogP contribution in [-0.2, 0) is 5.41 Å². The first-order valence-corrected chi connectivity index (χ1v) is 21.4. The standard InChI is InChI=1S/C57H58N2/c1-10-11-12-19-28-57(46-34-38(2)29-39(3)35-46)53-36-49(58(47-20-15-13-16-21-47)55-42(6)30-40(4)31-43(55)7)24-26-51(53)52-27-25-50(37-54(52)57)59(48-22-17-14-18-23-48)56-44(8)32-41(5)33-45(56)9/h10,13-18,20-27,29-37H,1,11-12,19,28H2,2-9H3. The second kappa shape index (κ2) is 16.3. The predicted molar refractivity (Wildman–Crippen MR) is 254 cm³/mol. The average molecular weight is 771 g/mol. The SMILES string of the molecule is C=CCCCCC1(c2cc(C)cc(C)c2)c2cc(N(c3ccccc3)c3c(C)cc(C)cc3C)ccc2-c2ccc(N(c3ccccc3)c3c(C)cc(C)cc3C)cc21. The molecular formula is C57H58N2. The molecule has 0 spiro atoms. The molecule has 0 aromatic heterocycles. The first kappa shape index (κ1) is 39.7. The van der Waals surface area contributed by atoms with E-state index in [1.165, 1.54) is 95.1 Å². The Bertz CT molecular complexity index is 2450. The zero-order valence-corrected chi connectivity index (χ0v) is 36.3. The molecule has 0 saturated heterocycles. The van der Waals surface area contributed by atoms with Crippen LogP contribution in [0.1, 0.15) is 86.9 Å². The first-order chi connectivity index (χ1) is 28.5. The van der Waals surface area contributed by atoms with Gasteiger partial charge < -0.3 is 9.80 Å². The van der Waals surface area contributed by atoms with E-state index in [0.717, 1.165) is 37.1 Å². The molecule has 0 radical (unpaired) electrons. The Kier molecular flexibility index (Phi) is 10.9. The van der Waals surface area contributed by atoms with Crippen LogP contribution >= 0.6 is 0 Å². The van der Waals surface area contributed by atoms with Gasteiger partial charge in [0.05, 0.1) is 11.4 Å². The molecule has 2 nitrogen and oxygen atoms in total. The van der Waals surface area contributed by atoms with Crippen LogP contribution in [0.4, 0.5) is 34.1 Å². The van der Waals surface area contributed by atoms with Gasteiger partial charge in [-0.1, -0.05) is 126 Å². The molecule has 0 atom stereocenters. The average Bonchev–Trinajstić information content (AvgIpc) is 3.48. The molecule has 0 fully saturated rings. The highest BCUT2D eigenvalue weighted by Gasteiger charge is 2.45. The van der Waals surface area contributed by atoms with E-state index in [1.54, 1.807) is 0 Å². The monoisotopic (exact) mass is 770 g/mol. The number of unbranched alkanes of at least 4 members (excludes halogenated alkanes) is 2. The number of aryl methyl sites for hydroxylation is 8. The Morgan fingerprint density at radius 1 is 0.441 bits per heavy atom. The number of rotatable bonds is 12. The van der Waals surface area contributed by atoms with Gasteiger partial charge in [0.15, 0.2) is 0 Å². The van der Waals surface area contributed by atoms with E-state index in [-0.39, 0.29) is 0 Å². The lowest BCUT2D eigenvalue weighted by Gasteiger charge is -2.36. The molecule has 0 aliphatic heterocycles. The summed E-state index contributed by atoms with van der Waals surface area (Å²) < 4.78 is 0. The van der Waals surface area contributed by atoms with E-state index >= 15 is 0 Å². The van der Waals surface area contributed by atoms with Crippen molar-refractivity contribution in [3.05, 3.63) is 213 Å². The molecule has 0 bridgehead atoms. The van der Waals surface area contributed by atoms with Crippen LogP contribution in [0.25, 0.3) is 11.1 Å². The van der Waals surface area contributed by atoms with Gasteiger partial charge in [-0.2, -0.15) is 0 Å². The van der Waals surface area contributed by atoms with E-state index in [2.05, 4.69) is 217 Å². The van der Waals surface area contributed by atoms with Crippen molar-refractivity contribution in [1.82, 2.24) is 0 Å². The van der Waals surface area contributed by atoms with Gasteiger partial charge in [0.2, 0.25) is 0 Å². The lowest BCUT2D eigenvalue weighted by atomic mass is 9.68. The number of allylic oxidation sites excluding steroid dienone is 1. The van der Waals surface area contributed by atoms with Crippen molar-refractivity contribution < 1.29 is 0 Å². The van der Waals surface area contributed by atoms with Crippen molar-refractivity contribution >= 4 is 34.1 Å². The van der Waals surface area contributed by atoms with Crippen LogP contribution in [0.3, 0.4) is 0 Å². The van der Waals surface area contributed by atoms with Crippen LogP contribution < -0.4 is 9.80 Å². The molecule has 1 aliphatic rings. The third kappa shape index (κ3) is 7.31. The summed E-state index contributed by atoms with van der Waals surface area (Å²) >= 11 is 0. The fourth-order valence-corrected chi connectivity index (χ4v) is 10.3. The molecule has 296 valence electrons. The first-order valence-electron chi connectivity index (χ1n) is 21.4. The van der Waals surface area contributed by atoms with Crippen molar-refractivity contribution in [3.8, 4) is 11.1 Å². The van der Waals surface area contributed by atoms with Gasteiger partial charge in [0.25, 0.3) is 0 Å². The van der Waals surface area contributed by atoms with Crippen LogP contribution in [0.15, 0.2) is 152 Å². The van der Waals surface area contributed by atoms with Crippen molar-refractivity contribution in [3.63, 3.8) is 0 Å². The zero-order chi connectivity index (χ0) is 41.4. The minimum atomic E-state index is -0.395. The topological polar surface area (TPSA) is 6.48 Å². The molecule has 0 amide bonds. The fraction of sp³-hybridized carbons (Fsp3) is 0.228. The molecule has 7 aromatic carbocycles. The van der Waals surface area contributed by atoms with Crippen molar-refractivity contribution in [2.45, 2.75) is 86.5 Å². The summed E-state index contributed by atoms with van der Waals surface area (Å²) in [4.78, 5) is 4.98. The molecule has 0 N–H and O–H groups in total. The van der Waals surface area contributed by atoms with Crippen molar-refractivity contribution in [2.75, 3.05) is 9.80 Å². The summed E-state index contributed by atoms with van der Waals surface area (Å²) in [5, 5.41) is 0. The summed E-state index contributed by atoms with van der Waals surface area (Å²) in [6.45, 7) is 22.0. The molecular weight excluding hydrogens is 713 g/mol. The summed E-state index contributed by atoms with van der Waals surface area (Å²) in [6, 6.07) is 52.9. The summed E-state index contributed by atoms with van der Waals surface area (Å²) in [5.41, 5.74) is 23.7. The van der Waals surface area contributed by atoms with Gasteiger partial charge in [-0.15, -0.1) is 6.58 Å². The van der Waals surface area contributed by atoms with Crippen LogP contribution in [0.2, 0.25) is 0 Å². The number of benzene rings is 7. The van der Waals surface area contributed by atoms with E-state index in [1.807, 2.05) is 0 Å². The molecule has 8 rings (SSSR count). The third-order valence-corrected chi connectivity index (χ3v) is 12.4. The Labute approximate surface area is 353 Å². The van der Waals surface area contributed by atoms with E-state index < -0.39 is 5.41 Å². The zero-order valence-electron chi connectivity index (χ0n) is 36.3. The largest absolute Gasteiger partial charge is 0.310 e. The lowest BCUT2D eigenvalue weighted by molar-refractivity contribution is 0.529. The number of fused-ring (bicyclic) bond motifs is 3. The minimum Gasteiger partial charge on any atom is -0.310 e. The van der Waals surface area contributed by atoms with Crippen LogP contribution in [0, 0.1) is 55.4 Å². The lowest BCUT2D eigenvalue weighted by Crippen LogP contribution is -2.28. The van der Waals surface area contributed by atoms with Gasteiger partial charge >= 0.3 is 0 Å². The predicted octanol–water partition coefficient (Wildman–Crippen LogP) is 16.2. The van der Waals surface area contributed by atoms with E-state index in [4.69, 9.17) is 0 Å². The van der Waals surface area contributed by atoms with E-state index in [9.17, 15) is 0 Å². The second-order valence-electron chi connectivity index (χ2n) is 17.1. The Balaban J connectivity index is 1.43. The fourth-order valence-electron chi connectivity index (χ4n) is 10.3. The quantitative estimate of drug-likeness (QED) is 0.0902. The Hall–Kier alpha value is -6.12. The molecule has 7 aromatic rings. The normalized spacial score (nSPS) is 12.5. The summed E-state index contributed by atoms with van der Waals surface area (Å²) in [6.07, 6.45) is 6.23. The number of anilines is 6. The second-order valence-corrected chi connectivity index (χ2v) is 17.1. The van der Waals surface area contributed by atoms with Gasteiger partial charge in [-0.05, 0) is 173 Å². The highest BCUT2D eigenvalue weighted by molar-refractivity contribution is 5.91. The third-order valence-electron chi connectivity index (χ3n) is 12.4. The highest BCUT2D eigenvalue weighted by Crippen LogP contribution is 2.58. The van der Waals surface area contributed by atoms with Gasteiger partial charge in [-0.3, -0.25) is 0 Å². The van der Waals surface area contributed by atoms with Crippen LogP contribution in [0.5, 0.6) is 0 Å². The number of nitrogens with zero attached hydrogens (tertiary/aromatic N) is 2. The molecule has 2 heteroatoms. The molecule has 0 heterocycles. The molecule has 1 aliphatic carbocycles.